The summed E-state index contributed by atoms with van der Waals surface area (Å²) < 4.78 is 0. The van der Waals surface area contributed by atoms with Crippen molar-refractivity contribution in [2.75, 3.05) is 6.54 Å². The summed E-state index contributed by atoms with van der Waals surface area (Å²) in [6, 6.07) is 10.4. The Kier molecular flexibility index (Phi) is 10.6. The molecule has 1 amide bonds. The van der Waals surface area contributed by atoms with Gasteiger partial charge in [-0.2, -0.15) is 0 Å². The lowest BCUT2D eigenvalue weighted by Gasteiger charge is -2.20. The molecule has 0 aliphatic heterocycles. The Bertz CT molecular complexity index is 399. The number of nitrogens with one attached hydrogen (secondary N) is 1. The molecule has 21 heavy (non-hydrogen) atoms. The van der Waals surface area contributed by atoms with Crippen molar-refractivity contribution >= 4 is 30.1 Å². The van der Waals surface area contributed by atoms with Gasteiger partial charge in [0.1, 0.15) is 0 Å². The van der Waals surface area contributed by atoms with Crippen LogP contribution in [0.3, 0.4) is 0 Å². The molecule has 0 bridgehead atoms. The summed E-state index contributed by atoms with van der Waals surface area (Å²) in [4.78, 5) is 12.2. The minimum absolute atomic E-state index is 0. The molecule has 120 valence electrons. The van der Waals surface area contributed by atoms with Crippen molar-refractivity contribution in [1.82, 2.24) is 5.32 Å². The van der Waals surface area contributed by atoms with Gasteiger partial charge in [-0.3, -0.25) is 4.79 Å². The van der Waals surface area contributed by atoms with E-state index in [1.165, 1.54) is 5.56 Å². The summed E-state index contributed by atoms with van der Waals surface area (Å²) in [6.45, 7) is 6.80. The molecule has 0 aromatic heterocycles. The van der Waals surface area contributed by atoms with Crippen LogP contribution in [0.15, 0.2) is 30.3 Å². The van der Waals surface area contributed by atoms with E-state index in [-0.39, 0.29) is 29.6 Å². The highest BCUT2D eigenvalue weighted by molar-refractivity contribution is 7.99. The Balaban J connectivity index is 0.00000400. The lowest BCUT2D eigenvalue weighted by Crippen LogP contribution is -2.37. The minimum Gasteiger partial charge on any atom is -0.355 e. The quantitative estimate of drug-likeness (QED) is 0.769. The lowest BCUT2D eigenvalue weighted by molar-refractivity contribution is -0.121. The van der Waals surface area contributed by atoms with Crippen molar-refractivity contribution in [2.24, 2.45) is 11.7 Å². The zero-order valence-electron chi connectivity index (χ0n) is 13.0. The van der Waals surface area contributed by atoms with Crippen molar-refractivity contribution < 1.29 is 4.79 Å². The van der Waals surface area contributed by atoms with E-state index >= 15 is 0 Å². The highest BCUT2D eigenvalue weighted by Gasteiger charge is 2.22. The number of carbonyl (C=O) groups is 1. The van der Waals surface area contributed by atoms with E-state index in [4.69, 9.17) is 5.73 Å². The SMILES string of the molecule is CC(N)CCNC(=O)C(SCc1ccccc1)C(C)C.Cl. The topological polar surface area (TPSA) is 55.1 Å². The summed E-state index contributed by atoms with van der Waals surface area (Å²) in [6.07, 6.45) is 0.819. The summed E-state index contributed by atoms with van der Waals surface area (Å²) in [5.41, 5.74) is 6.95. The molecule has 2 unspecified atom stereocenters. The average Bonchev–Trinajstić information content (AvgIpc) is 2.39. The molecule has 0 radical (unpaired) electrons. The van der Waals surface area contributed by atoms with E-state index in [9.17, 15) is 4.79 Å². The molecule has 0 fully saturated rings. The Labute approximate surface area is 138 Å². The predicted molar refractivity (Wildman–Crippen MR) is 94.9 cm³/mol. The number of halogens is 1. The maximum absolute atomic E-state index is 12.2. The normalized spacial score (nSPS) is 13.4. The van der Waals surface area contributed by atoms with Gasteiger partial charge < -0.3 is 11.1 Å². The van der Waals surface area contributed by atoms with Crippen LogP contribution in [0, 0.1) is 5.92 Å². The van der Waals surface area contributed by atoms with Gasteiger partial charge in [-0.05, 0) is 24.8 Å². The Morgan fingerprint density at radius 3 is 2.38 bits per heavy atom. The molecule has 3 N–H and O–H groups in total. The number of nitrogens with two attached hydrogens (primary N) is 1. The second-order valence-electron chi connectivity index (χ2n) is 5.52. The van der Waals surface area contributed by atoms with Crippen molar-refractivity contribution in [3.63, 3.8) is 0 Å². The fraction of sp³-hybridized carbons (Fsp3) is 0.562. The monoisotopic (exact) mass is 330 g/mol. The van der Waals surface area contributed by atoms with Gasteiger partial charge in [-0.25, -0.2) is 0 Å². The molecular formula is C16H27ClN2OS. The maximum atomic E-state index is 12.2. The van der Waals surface area contributed by atoms with Gasteiger partial charge in [0.25, 0.3) is 0 Å². The number of rotatable bonds is 8. The van der Waals surface area contributed by atoms with Gasteiger partial charge in [0, 0.05) is 18.3 Å². The number of hydrogen-bond donors (Lipinski definition) is 2. The average molecular weight is 331 g/mol. The summed E-state index contributed by atoms with van der Waals surface area (Å²) in [7, 11) is 0. The first-order valence-corrected chi connectivity index (χ1v) is 8.24. The molecule has 1 aromatic rings. The molecule has 0 aliphatic carbocycles. The first-order chi connectivity index (χ1) is 9.50. The van der Waals surface area contributed by atoms with E-state index in [2.05, 4.69) is 31.3 Å². The van der Waals surface area contributed by atoms with Crippen molar-refractivity contribution in [3.8, 4) is 0 Å². The largest absolute Gasteiger partial charge is 0.355 e. The van der Waals surface area contributed by atoms with Crippen LogP contribution in [-0.4, -0.2) is 23.7 Å². The number of hydrogen-bond acceptors (Lipinski definition) is 3. The number of carbonyl (C=O) groups excluding carboxylic acids is 1. The second kappa shape index (κ2) is 10.9. The van der Waals surface area contributed by atoms with Crippen LogP contribution in [-0.2, 0) is 10.5 Å². The molecule has 1 aromatic carbocycles. The predicted octanol–water partition coefficient (Wildman–Crippen LogP) is 3.22. The van der Waals surface area contributed by atoms with Crippen molar-refractivity contribution in [3.05, 3.63) is 35.9 Å². The van der Waals surface area contributed by atoms with Crippen molar-refractivity contribution in [2.45, 2.75) is 44.2 Å². The second-order valence-corrected chi connectivity index (χ2v) is 6.65. The lowest BCUT2D eigenvalue weighted by atomic mass is 10.1. The van der Waals surface area contributed by atoms with Crippen LogP contribution in [0.4, 0.5) is 0 Å². The number of benzene rings is 1. The zero-order chi connectivity index (χ0) is 15.0. The van der Waals surface area contributed by atoms with Crippen LogP contribution in [0.1, 0.15) is 32.8 Å². The molecule has 3 nitrogen and oxygen atoms in total. The Morgan fingerprint density at radius 1 is 1.24 bits per heavy atom. The van der Waals surface area contributed by atoms with Gasteiger partial charge in [-0.15, -0.1) is 24.2 Å². The molecule has 5 heteroatoms. The number of thioether (sulfide) groups is 1. The molecule has 0 spiro atoms. The van der Waals surface area contributed by atoms with Crippen LogP contribution >= 0.6 is 24.2 Å². The molecule has 1 rings (SSSR count). The van der Waals surface area contributed by atoms with Gasteiger partial charge >= 0.3 is 0 Å². The van der Waals surface area contributed by atoms with Gasteiger partial charge in [0.2, 0.25) is 5.91 Å². The van der Waals surface area contributed by atoms with E-state index in [0.717, 1.165) is 12.2 Å². The van der Waals surface area contributed by atoms with Crippen LogP contribution in [0.5, 0.6) is 0 Å². The Morgan fingerprint density at radius 2 is 1.86 bits per heavy atom. The third-order valence-electron chi connectivity index (χ3n) is 3.04. The van der Waals surface area contributed by atoms with Crippen LogP contribution in [0.2, 0.25) is 0 Å². The first-order valence-electron chi connectivity index (χ1n) is 7.19. The van der Waals surface area contributed by atoms with Crippen molar-refractivity contribution in [1.29, 1.82) is 0 Å². The highest BCUT2D eigenvalue weighted by atomic mass is 35.5. The maximum Gasteiger partial charge on any atom is 0.233 e. The molecule has 0 saturated carbocycles. The number of amides is 1. The smallest absolute Gasteiger partial charge is 0.233 e. The zero-order valence-corrected chi connectivity index (χ0v) is 14.7. The first kappa shape index (κ1) is 20.3. The van der Waals surface area contributed by atoms with Crippen LogP contribution in [0.25, 0.3) is 0 Å². The summed E-state index contributed by atoms with van der Waals surface area (Å²) in [5.74, 6) is 1.31. The van der Waals surface area contributed by atoms with E-state index in [0.29, 0.717) is 12.5 Å². The molecule has 0 heterocycles. The Hall–Kier alpha value is -0.710. The fourth-order valence-electron chi connectivity index (χ4n) is 1.85. The summed E-state index contributed by atoms with van der Waals surface area (Å²) in [5, 5.41) is 2.98. The highest BCUT2D eigenvalue weighted by Crippen LogP contribution is 2.23. The van der Waals surface area contributed by atoms with E-state index < -0.39 is 0 Å². The minimum atomic E-state index is -0.0108. The van der Waals surface area contributed by atoms with E-state index in [1.54, 1.807) is 11.8 Å². The molecule has 2 atom stereocenters. The standard InChI is InChI=1S/C16H26N2OS.ClH/c1-12(2)15(16(19)18-10-9-13(3)17)20-11-14-7-5-4-6-8-14;/h4-8,12-13,15H,9-11,17H2,1-3H3,(H,18,19);1H. The molecular weight excluding hydrogens is 304 g/mol. The van der Waals surface area contributed by atoms with E-state index in [1.807, 2.05) is 25.1 Å². The molecule has 0 aliphatic rings. The van der Waals surface area contributed by atoms with Crippen LogP contribution < -0.4 is 11.1 Å². The van der Waals surface area contributed by atoms with Gasteiger partial charge in [0.15, 0.2) is 0 Å². The van der Waals surface area contributed by atoms with Gasteiger partial charge in [0.05, 0.1) is 5.25 Å². The third-order valence-corrected chi connectivity index (χ3v) is 4.65. The summed E-state index contributed by atoms with van der Waals surface area (Å²) >= 11 is 1.71. The van der Waals surface area contributed by atoms with Gasteiger partial charge in [-0.1, -0.05) is 44.2 Å². The third kappa shape index (κ3) is 8.34. The molecule has 0 saturated heterocycles. The fourth-order valence-corrected chi connectivity index (χ4v) is 3.04.